The van der Waals surface area contributed by atoms with Gasteiger partial charge in [0.2, 0.25) is 0 Å². The van der Waals surface area contributed by atoms with Crippen LogP contribution in [-0.2, 0) is 0 Å². The normalized spacial score (nSPS) is 24.7. The third-order valence-electron chi connectivity index (χ3n) is 6.06. The van der Waals surface area contributed by atoms with Gasteiger partial charge in [0.15, 0.2) is 5.65 Å². The van der Waals surface area contributed by atoms with E-state index in [0.717, 1.165) is 18.4 Å². The van der Waals surface area contributed by atoms with E-state index in [1.54, 1.807) is 0 Å². The topological polar surface area (TPSA) is 91.3 Å². The van der Waals surface area contributed by atoms with Crippen molar-refractivity contribution in [3.63, 3.8) is 0 Å². The average molecular weight is 414 g/mol. The van der Waals surface area contributed by atoms with Crippen molar-refractivity contribution < 1.29 is 14.9 Å². The summed E-state index contributed by atoms with van der Waals surface area (Å²) in [4.78, 5) is 12.3. The molecule has 0 radical (unpaired) electrons. The average Bonchev–Trinajstić information content (AvgIpc) is 3.49. The fourth-order valence-corrected chi connectivity index (χ4v) is 4.39. The highest BCUT2D eigenvalue weighted by Gasteiger charge is 2.30. The van der Waals surface area contributed by atoms with Gasteiger partial charge in [-0.1, -0.05) is 35.9 Å². The van der Waals surface area contributed by atoms with Crippen LogP contribution in [0.2, 0.25) is 5.02 Å². The van der Waals surface area contributed by atoms with E-state index in [4.69, 9.17) is 16.3 Å². The monoisotopic (exact) mass is 413 g/mol. The lowest BCUT2D eigenvalue weighted by molar-refractivity contribution is -0.0113. The predicted octanol–water partition coefficient (Wildman–Crippen LogP) is 4.06. The summed E-state index contributed by atoms with van der Waals surface area (Å²) in [5.41, 5.74) is 4.32. The first-order valence-corrected chi connectivity index (χ1v) is 10.6. The van der Waals surface area contributed by atoms with E-state index in [1.165, 1.54) is 18.4 Å². The lowest BCUT2D eigenvalue weighted by Gasteiger charge is -2.31. The number of aromatic nitrogens is 3. The van der Waals surface area contributed by atoms with Crippen LogP contribution >= 0.6 is 11.6 Å². The van der Waals surface area contributed by atoms with Gasteiger partial charge < -0.3 is 19.9 Å². The Morgan fingerprint density at radius 3 is 2.59 bits per heavy atom. The van der Waals surface area contributed by atoms with Gasteiger partial charge in [-0.3, -0.25) is 0 Å². The molecule has 2 fully saturated rings. The number of fused-ring (bicyclic) bond motifs is 1. The molecule has 29 heavy (non-hydrogen) atoms. The number of aliphatic hydroxyl groups excluding tert-OH is 2. The third kappa shape index (κ3) is 3.84. The van der Waals surface area contributed by atoms with Gasteiger partial charge in [-0.25, -0.2) is 4.98 Å². The lowest BCUT2D eigenvalue weighted by atomic mass is 9.85. The van der Waals surface area contributed by atoms with E-state index in [9.17, 15) is 10.2 Å². The molecule has 7 heteroatoms. The Kier molecular flexibility index (Phi) is 4.94. The summed E-state index contributed by atoms with van der Waals surface area (Å²) in [6, 6.07) is 10.7. The van der Waals surface area contributed by atoms with E-state index < -0.39 is 6.10 Å². The Labute approximate surface area is 173 Å². The summed E-state index contributed by atoms with van der Waals surface area (Å²) in [6.45, 7) is 0.00531. The van der Waals surface area contributed by atoms with Crippen LogP contribution in [0.3, 0.4) is 0 Å². The number of pyridine rings is 1. The highest BCUT2D eigenvalue weighted by molar-refractivity contribution is 6.33. The van der Waals surface area contributed by atoms with Gasteiger partial charge in [0.1, 0.15) is 6.10 Å². The van der Waals surface area contributed by atoms with E-state index in [1.807, 2.05) is 6.07 Å². The standard InChI is InChI=1S/C22H24ClN3O3/c23-17-10-18-21(25-20(17)14-5-3-13(4-6-14)12-1-2-12)26-22(24-18)29-16-8-7-15(11-27)19(28)9-16/h3-6,10,12,15-16,19,27-28H,1-2,7-9,11H2,(H,24,25,26)/t15-,16+,19+/m1/s1. The second-order valence-electron chi connectivity index (χ2n) is 8.19. The highest BCUT2D eigenvalue weighted by Crippen LogP contribution is 2.41. The minimum atomic E-state index is -0.555. The quantitative estimate of drug-likeness (QED) is 0.586. The minimum Gasteiger partial charge on any atom is -0.461 e. The van der Waals surface area contributed by atoms with Crippen molar-refractivity contribution in [1.82, 2.24) is 15.0 Å². The number of nitrogens with zero attached hydrogens (tertiary/aromatic N) is 2. The fraction of sp³-hybridized carbons (Fsp3) is 0.455. The Hall–Kier alpha value is -2.15. The van der Waals surface area contributed by atoms with Crippen LogP contribution in [0.4, 0.5) is 0 Å². The van der Waals surface area contributed by atoms with Crippen LogP contribution in [0.25, 0.3) is 22.4 Å². The third-order valence-corrected chi connectivity index (χ3v) is 6.35. The molecule has 0 bridgehead atoms. The van der Waals surface area contributed by atoms with Gasteiger partial charge >= 0.3 is 0 Å². The first-order chi connectivity index (χ1) is 14.1. The minimum absolute atomic E-state index is 0.00531. The highest BCUT2D eigenvalue weighted by atomic mass is 35.5. The van der Waals surface area contributed by atoms with Crippen molar-refractivity contribution in [3.05, 3.63) is 40.9 Å². The van der Waals surface area contributed by atoms with Gasteiger partial charge in [-0.15, -0.1) is 0 Å². The molecule has 5 rings (SSSR count). The van der Waals surface area contributed by atoms with Crippen LogP contribution in [0.1, 0.15) is 43.6 Å². The van der Waals surface area contributed by atoms with Gasteiger partial charge in [0, 0.05) is 24.5 Å². The number of aliphatic hydroxyl groups is 2. The molecular formula is C22H24ClN3O3. The molecule has 3 aromatic rings. The molecule has 0 saturated heterocycles. The maximum atomic E-state index is 10.1. The summed E-state index contributed by atoms with van der Waals surface area (Å²) in [6.07, 6.45) is 3.84. The molecule has 0 amide bonds. The molecule has 1 aromatic carbocycles. The van der Waals surface area contributed by atoms with E-state index in [-0.39, 0.29) is 18.6 Å². The number of imidazole rings is 1. The van der Waals surface area contributed by atoms with Crippen LogP contribution in [0, 0.1) is 5.92 Å². The van der Waals surface area contributed by atoms with Crippen LogP contribution in [-0.4, -0.2) is 44.0 Å². The van der Waals surface area contributed by atoms with E-state index >= 15 is 0 Å². The molecule has 2 saturated carbocycles. The first-order valence-electron chi connectivity index (χ1n) is 10.2. The molecule has 152 valence electrons. The van der Waals surface area contributed by atoms with Crippen LogP contribution in [0.5, 0.6) is 6.01 Å². The van der Waals surface area contributed by atoms with Crippen LogP contribution in [0.15, 0.2) is 30.3 Å². The summed E-state index contributed by atoms with van der Waals surface area (Å²) >= 11 is 6.50. The molecule has 6 nitrogen and oxygen atoms in total. The zero-order valence-corrected chi connectivity index (χ0v) is 16.8. The SMILES string of the molecule is OC[C@H]1CC[C@H](Oc2nc3nc(-c4ccc(C5CC5)cc4)c(Cl)cc3[nH]2)C[C@@H]1O. The number of hydrogen-bond acceptors (Lipinski definition) is 5. The van der Waals surface area contributed by atoms with Crippen molar-refractivity contribution in [2.24, 2.45) is 5.92 Å². The second-order valence-corrected chi connectivity index (χ2v) is 8.60. The van der Waals surface area contributed by atoms with Gasteiger partial charge in [0.25, 0.3) is 6.01 Å². The van der Waals surface area contributed by atoms with Crippen molar-refractivity contribution >= 4 is 22.8 Å². The zero-order chi connectivity index (χ0) is 20.0. The van der Waals surface area contributed by atoms with Gasteiger partial charge in [-0.2, -0.15) is 4.98 Å². The molecule has 2 aromatic heterocycles. The summed E-state index contributed by atoms with van der Waals surface area (Å²) < 4.78 is 5.95. The van der Waals surface area contributed by atoms with Crippen LogP contribution < -0.4 is 4.74 Å². The molecular weight excluding hydrogens is 390 g/mol. The molecule has 2 aliphatic rings. The predicted molar refractivity (Wildman–Crippen MR) is 111 cm³/mol. The van der Waals surface area contributed by atoms with E-state index in [2.05, 4.69) is 39.2 Å². The maximum Gasteiger partial charge on any atom is 0.296 e. The lowest BCUT2D eigenvalue weighted by Crippen LogP contribution is -2.36. The number of halogens is 1. The molecule has 2 aliphatic carbocycles. The Morgan fingerprint density at radius 2 is 1.90 bits per heavy atom. The molecule has 0 aliphatic heterocycles. The second kappa shape index (κ2) is 7.59. The zero-order valence-electron chi connectivity index (χ0n) is 16.0. The molecule has 3 atom stereocenters. The summed E-state index contributed by atoms with van der Waals surface area (Å²) in [7, 11) is 0. The van der Waals surface area contributed by atoms with Crippen molar-refractivity contribution in [1.29, 1.82) is 0 Å². The number of nitrogens with one attached hydrogen (secondary N) is 1. The molecule has 3 N–H and O–H groups in total. The number of benzene rings is 1. The molecule has 0 spiro atoms. The number of hydrogen-bond donors (Lipinski definition) is 3. The Balaban J connectivity index is 1.36. The van der Waals surface area contributed by atoms with Gasteiger partial charge in [-0.05, 0) is 43.2 Å². The number of H-pyrrole nitrogens is 1. The van der Waals surface area contributed by atoms with Crippen molar-refractivity contribution in [2.45, 2.75) is 50.2 Å². The van der Waals surface area contributed by atoms with Crippen molar-refractivity contribution in [2.75, 3.05) is 6.61 Å². The number of ether oxygens (including phenoxy) is 1. The largest absolute Gasteiger partial charge is 0.461 e. The number of aromatic amines is 1. The maximum absolute atomic E-state index is 10.1. The Morgan fingerprint density at radius 1 is 1.10 bits per heavy atom. The number of rotatable bonds is 5. The fourth-order valence-electron chi connectivity index (χ4n) is 4.13. The molecule has 2 heterocycles. The summed E-state index contributed by atoms with van der Waals surface area (Å²) in [5, 5.41) is 20.0. The summed E-state index contributed by atoms with van der Waals surface area (Å²) in [5.74, 6) is 0.645. The Bertz CT molecular complexity index is 1020. The first kappa shape index (κ1) is 18.9. The van der Waals surface area contributed by atoms with Crippen molar-refractivity contribution in [3.8, 4) is 17.3 Å². The van der Waals surface area contributed by atoms with E-state index in [0.29, 0.717) is 40.2 Å². The van der Waals surface area contributed by atoms with Gasteiger partial charge in [0.05, 0.1) is 22.3 Å². The molecule has 0 unspecified atom stereocenters. The smallest absolute Gasteiger partial charge is 0.296 e.